The summed E-state index contributed by atoms with van der Waals surface area (Å²) in [6.07, 6.45) is 0.190. The summed E-state index contributed by atoms with van der Waals surface area (Å²) < 4.78 is 5.47. The third-order valence-corrected chi connectivity index (χ3v) is 6.10. The second-order valence-corrected chi connectivity index (χ2v) is 8.28. The lowest BCUT2D eigenvalue weighted by atomic mass is 9.87. The van der Waals surface area contributed by atoms with Crippen molar-refractivity contribution >= 4 is 29.3 Å². The predicted molar refractivity (Wildman–Crippen MR) is 123 cm³/mol. The van der Waals surface area contributed by atoms with Gasteiger partial charge in [-0.2, -0.15) is 5.26 Å². The number of hydrogen-bond acceptors (Lipinski definition) is 5. The third-order valence-electron chi connectivity index (χ3n) is 5.09. The van der Waals surface area contributed by atoms with E-state index in [1.807, 2.05) is 63.2 Å². The van der Waals surface area contributed by atoms with Gasteiger partial charge in [-0.05, 0) is 61.7 Å². The summed E-state index contributed by atoms with van der Waals surface area (Å²) in [7, 11) is 0. The SMILES string of the molecule is CCOc1ccc([C@H]2CC(=O)NC(SCC(=O)Nc3ccc(C)c(C)c3)=C2C#N)cc1. The van der Waals surface area contributed by atoms with Gasteiger partial charge >= 0.3 is 0 Å². The highest BCUT2D eigenvalue weighted by molar-refractivity contribution is 8.03. The van der Waals surface area contributed by atoms with Crippen LogP contribution < -0.4 is 15.4 Å². The second-order valence-electron chi connectivity index (χ2n) is 7.30. The minimum absolute atomic E-state index is 0.0870. The molecule has 2 aromatic rings. The summed E-state index contributed by atoms with van der Waals surface area (Å²) in [5, 5.41) is 15.8. The van der Waals surface area contributed by atoms with Crippen molar-refractivity contribution < 1.29 is 14.3 Å². The summed E-state index contributed by atoms with van der Waals surface area (Å²) in [4.78, 5) is 24.7. The molecule has 3 rings (SSSR count). The van der Waals surface area contributed by atoms with Crippen molar-refractivity contribution in [2.45, 2.75) is 33.1 Å². The Bertz CT molecular complexity index is 1050. The molecule has 0 radical (unpaired) electrons. The van der Waals surface area contributed by atoms with Gasteiger partial charge in [0.05, 0.1) is 29.0 Å². The number of carbonyl (C=O) groups is 2. The Kier molecular flexibility index (Phi) is 7.37. The van der Waals surface area contributed by atoms with Crippen LogP contribution in [0.5, 0.6) is 5.75 Å². The van der Waals surface area contributed by atoms with Gasteiger partial charge in [0, 0.05) is 18.0 Å². The van der Waals surface area contributed by atoms with Crippen LogP contribution in [-0.2, 0) is 9.59 Å². The van der Waals surface area contributed by atoms with Crippen molar-refractivity contribution in [3.8, 4) is 11.8 Å². The van der Waals surface area contributed by atoms with Crippen LogP contribution in [0.4, 0.5) is 5.69 Å². The largest absolute Gasteiger partial charge is 0.494 e. The number of allylic oxidation sites excluding steroid dienone is 1. The minimum atomic E-state index is -0.347. The van der Waals surface area contributed by atoms with Gasteiger partial charge in [0.2, 0.25) is 11.8 Å². The number of rotatable bonds is 7. The normalized spacial score (nSPS) is 15.8. The number of hydrogen-bond donors (Lipinski definition) is 2. The molecule has 0 saturated carbocycles. The van der Waals surface area contributed by atoms with E-state index in [0.29, 0.717) is 17.2 Å². The van der Waals surface area contributed by atoms with E-state index in [-0.39, 0.29) is 29.9 Å². The average Bonchev–Trinajstić information content (AvgIpc) is 2.75. The summed E-state index contributed by atoms with van der Waals surface area (Å²) in [5.74, 6) is 0.112. The number of carbonyl (C=O) groups excluding carboxylic acids is 2. The van der Waals surface area contributed by atoms with Crippen molar-refractivity contribution in [3.05, 3.63) is 69.8 Å². The molecule has 160 valence electrons. The van der Waals surface area contributed by atoms with Gasteiger partial charge in [0.25, 0.3) is 0 Å². The smallest absolute Gasteiger partial charge is 0.234 e. The van der Waals surface area contributed by atoms with Crippen LogP contribution in [0.15, 0.2) is 53.1 Å². The highest BCUT2D eigenvalue weighted by atomic mass is 32.2. The molecule has 0 bridgehead atoms. The molecule has 6 nitrogen and oxygen atoms in total. The van der Waals surface area contributed by atoms with Crippen molar-refractivity contribution in [2.24, 2.45) is 0 Å². The Morgan fingerprint density at radius 1 is 1.23 bits per heavy atom. The second kappa shape index (κ2) is 10.2. The lowest BCUT2D eigenvalue weighted by molar-refractivity contribution is -0.121. The van der Waals surface area contributed by atoms with Crippen molar-refractivity contribution in [3.63, 3.8) is 0 Å². The van der Waals surface area contributed by atoms with E-state index in [0.717, 1.165) is 28.1 Å². The number of nitriles is 1. The fraction of sp³-hybridized carbons (Fsp3) is 0.292. The Morgan fingerprint density at radius 2 is 1.97 bits per heavy atom. The zero-order chi connectivity index (χ0) is 22.4. The zero-order valence-electron chi connectivity index (χ0n) is 17.8. The Hall–Kier alpha value is -3.24. The van der Waals surface area contributed by atoms with Gasteiger partial charge in [0.1, 0.15) is 5.75 Å². The number of benzene rings is 2. The molecule has 0 aliphatic carbocycles. The average molecular weight is 436 g/mol. The van der Waals surface area contributed by atoms with Crippen LogP contribution in [0.3, 0.4) is 0 Å². The van der Waals surface area contributed by atoms with Crippen LogP contribution in [0.25, 0.3) is 0 Å². The van der Waals surface area contributed by atoms with Crippen LogP contribution in [-0.4, -0.2) is 24.2 Å². The highest BCUT2D eigenvalue weighted by Gasteiger charge is 2.29. The molecule has 1 atom stereocenters. The molecule has 1 heterocycles. The van der Waals surface area contributed by atoms with Crippen molar-refractivity contribution in [1.29, 1.82) is 5.26 Å². The van der Waals surface area contributed by atoms with E-state index in [1.165, 1.54) is 11.8 Å². The van der Waals surface area contributed by atoms with Crippen LogP contribution >= 0.6 is 11.8 Å². The first-order valence-corrected chi connectivity index (χ1v) is 11.1. The van der Waals surface area contributed by atoms with Gasteiger partial charge in [-0.3, -0.25) is 9.59 Å². The lowest BCUT2D eigenvalue weighted by Crippen LogP contribution is -2.31. The van der Waals surface area contributed by atoms with E-state index in [2.05, 4.69) is 16.7 Å². The molecule has 1 aliphatic heterocycles. The molecule has 2 amide bonds. The number of amides is 2. The van der Waals surface area contributed by atoms with Gasteiger partial charge in [-0.15, -0.1) is 0 Å². The molecule has 0 saturated heterocycles. The standard InChI is InChI=1S/C24H25N3O3S/c1-4-30-19-9-6-17(7-10-19)20-12-22(28)27-24(21(20)13-25)31-14-23(29)26-18-8-5-15(2)16(3)11-18/h5-11,20H,4,12,14H2,1-3H3,(H,26,29)(H,27,28)/t20-/m1/s1. The topological polar surface area (TPSA) is 91.2 Å². The zero-order valence-corrected chi connectivity index (χ0v) is 18.6. The van der Waals surface area contributed by atoms with Crippen LogP contribution in [0, 0.1) is 25.2 Å². The van der Waals surface area contributed by atoms with Gasteiger partial charge in [-0.1, -0.05) is 30.0 Å². The Balaban J connectivity index is 1.73. The lowest BCUT2D eigenvalue weighted by Gasteiger charge is -2.25. The predicted octanol–water partition coefficient (Wildman–Crippen LogP) is 4.41. The minimum Gasteiger partial charge on any atom is -0.494 e. The molecule has 2 N–H and O–H groups in total. The first-order chi connectivity index (χ1) is 14.9. The van der Waals surface area contributed by atoms with E-state index in [9.17, 15) is 14.9 Å². The molecule has 7 heteroatoms. The molecule has 0 unspecified atom stereocenters. The van der Waals surface area contributed by atoms with Crippen LogP contribution in [0.1, 0.15) is 36.0 Å². The molecular formula is C24H25N3O3S. The summed E-state index contributed by atoms with van der Waals surface area (Å²) in [6.45, 7) is 6.48. The quantitative estimate of drug-likeness (QED) is 0.672. The first-order valence-electron chi connectivity index (χ1n) is 10.1. The number of anilines is 1. The molecular weight excluding hydrogens is 410 g/mol. The first kappa shape index (κ1) is 22.4. The molecule has 1 aliphatic rings. The van der Waals surface area contributed by atoms with E-state index in [4.69, 9.17) is 4.74 Å². The van der Waals surface area contributed by atoms with Crippen LogP contribution in [0.2, 0.25) is 0 Å². The monoisotopic (exact) mass is 435 g/mol. The van der Waals surface area contributed by atoms with E-state index >= 15 is 0 Å². The maximum Gasteiger partial charge on any atom is 0.234 e. The fourth-order valence-corrected chi connectivity index (χ4v) is 4.21. The Morgan fingerprint density at radius 3 is 2.61 bits per heavy atom. The maximum atomic E-state index is 12.4. The summed E-state index contributed by atoms with van der Waals surface area (Å²) in [6, 6.07) is 15.4. The van der Waals surface area contributed by atoms with Gasteiger partial charge in [0.15, 0.2) is 0 Å². The molecule has 2 aromatic carbocycles. The Labute approximate surface area is 186 Å². The fourth-order valence-electron chi connectivity index (χ4n) is 3.33. The molecule has 0 aromatic heterocycles. The van der Waals surface area contributed by atoms with Crippen molar-refractivity contribution in [2.75, 3.05) is 17.7 Å². The third kappa shape index (κ3) is 5.68. The van der Waals surface area contributed by atoms with Gasteiger partial charge < -0.3 is 15.4 Å². The number of thioether (sulfide) groups is 1. The van der Waals surface area contributed by atoms with E-state index < -0.39 is 0 Å². The molecule has 31 heavy (non-hydrogen) atoms. The van der Waals surface area contributed by atoms with Gasteiger partial charge in [-0.25, -0.2) is 0 Å². The van der Waals surface area contributed by atoms with Crippen molar-refractivity contribution in [1.82, 2.24) is 5.32 Å². The summed E-state index contributed by atoms with van der Waals surface area (Å²) in [5.41, 5.74) is 4.31. The highest BCUT2D eigenvalue weighted by Crippen LogP contribution is 2.36. The molecule has 0 spiro atoms. The number of nitrogens with one attached hydrogen (secondary N) is 2. The maximum absolute atomic E-state index is 12.4. The van der Waals surface area contributed by atoms with E-state index in [1.54, 1.807) is 0 Å². The summed E-state index contributed by atoms with van der Waals surface area (Å²) >= 11 is 1.17. The number of aryl methyl sites for hydroxylation is 2. The molecule has 0 fully saturated rings. The number of ether oxygens (including phenoxy) is 1. The number of nitrogens with zero attached hydrogens (tertiary/aromatic N) is 1.